The summed E-state index contributed by atoms with van der Waals surface area (Å²) in [7, 11) is -3.43. The van der Waals surface area contributed by atoms with Crippen molar-refractivity contribution in [3.63, 3.8) is 0 Å². The van der Waals surface area contributed by atoms with Crippen molar-refractivity contribution in [2.45, 2.75) is 12.3 Å². The lowest BCUT2D eigenvalue weighted by Gasteiger charge is -2.32. The van der Waals surface area contributed by atoms with Gasteiger partial charge in [0.1, 0.15) is 5.82 Å². The summed E-state index contributed by atoms with van der Waals surface area (Å²) in [6, 6.07) is 4.43. The first-order valence-electron chi connectivity index (χ1n) is 7.40. The fourth-order valence-corrected chi connectivity index (χ4v) is 6.57. The van der Waals surface area contributed by atoms with Crippen LogP contribution in [0.3, 0.4) is 0 Å². The molecule has 3 aliphatic heterocycles. The van der Waals surface area contributed by atoms with Crippen molar-refractivity contribution >= 4 is 43.3 Å². The molecule has 1 atom stereocenters. The molecule has 4 rings (SSSR count). The molecule has 0 saturated heterocycles. The normalized spacial score (nSPS) is 25.4. The van der Waals surface area contributed by atoms with Crippen molar-refractivity contribution in [1.29, 1.82) is 0 Å². The van der Waals surface area contributed by atoms with Crippen molar-refractivity contribution in [3.05, 3.63) is 55.9 Å². The molecule has 0 fully saturated rings. The summed E-state index contributed by atoms with van der Waals surface area (Å²) in [5.74, 6) is -0.0951. The number of hydrogen-bond donors (Lipinski definition) is 1. The first-order valence-corrected chi connectivity index (χ1v) is 11.0. The Morgan fingerprint density at radius 1 is 1.25 bits per heavy atom. The number of nitrogens with one attached hydrogen (secondary N) is 1. The zero-order valence-electron chi connectivity index (χ0n) is 12.4. The molecule has 0 bridgehead atoms. The van der Waals surface area contributed by atoms with E-state index in [0.29, 0.717) is 34.8 Å². The molecule has 3 heterocycles. The quantitative estimate of drug-likeness (QED) is 0.743. The van der Waals surface area contributed by atoms with Gasteiger partial charge in [0.15, 0.2) is 15.6 Å². The zero-order chi connectivity index (χ0) is 17.1. The zero-order valence-corrected chi connectivity index (χ0v) is 15.7. The van der Waals surface area contributed by atoms with Gasteiger partial charge in [-0.15, -0.1) is 11.8 Å². The van der Waals surface area contributed by atoms with Gasteiger partial charge in [0.25, 0.3) is 0 Å². The van der Waals surface area contributed by atoms with E-state index < -0.39 is 21.6 Å². The molecule has 1 aromatic rings. The van der Waals surface area contributed by atoms with E-state index in [-0.39, 0.29) is 20.9 Å². The minimum atomic E-state index is -3.43. The van der Waals surface area contributed by atoms with Crippen molar-refractivity contribution in [2.75, 3.05) is 17.3 Å². The van der Waals surface area contributed by atoms with Crippen LogP contribution < -0.4 is 5.32 Å². The van der Waals surface area contributed by atoms with Crippen LogP contribution in [0.4, 0.5) is 4.39 Å². The van der Waals surface area contributed by atoms with Gasteiger partial charge >= 0.3 is 0 Å². The van der Waals surface area contributed by atoms with Crippen LogP contribution in [0.15, 0.2) is 44.5 Å². The molecule has 0 radical (unpaired) electrons. The molecule has 1 aromatic carbocycles. The van der Waals surface area contributed by atoms with Crippen molar-refractivity contribution in [1.82, 2.24) is 5.32 Å². The summed E-state index contributed by atoms with van der Waals surface area (Å²) in [5, 5.41) is 3.18. The lowest BCUT2D eigenvalue weighted by atomic mass is 9.84. The van der Waals surface area contributed by atoms with Crippen LogP contribution in [0.2, 0.25) is 0 Å². The second-order valence-electron chi connectivity index (χ2n) is 5.95. The van der Waals surface area contributed by atoms with E-state index in [1.54, 1.807) is 12.1 Å². The smallest absolute Gasteiger partial charge is 0.177 e. The van der Waals surface area contributed by atoms with Crippen LogP contribution in [0, 0.1) is 5.82 Å². The van der Waals surface area contributed by atoms with Crippen molar-refractivity contribution in [2.24, 2.45) is 0 Å². The number of Topliss-reactive ketones (excluding diaryl/α,β-unsaturated/α-hetero) is 1. The van der Waals surface area contributed by atoms with Crippen LogP contribution in [-0.2, 0) is 14.6 Å². The van der Waals surface area contributed by atoms with E-state index in [1.807, 2.05) is 0 Å². The molecular weight excluding hydrogens is 417 g/mol. The minimum absolute atomic E-state index is 0.0470. The van der Waals surface area contributed by atoms with E-state index in [9.17, 15) is 17.6 Å². The predicted octanol–water partition coefficient (Wildman–Crippen LogP) is 2.88. The van der Waals surface area contributed by atoms with Gasteiger partial charge in [-0.1, -0.05) is 6.07 Å². The van der Waals surface area contributed by atoms with E-state index in [2.05, 4.69) is 21.2 Å². The number of dihydropyridines is 1. The highest BCUT2D eigenvalue weighted by Crippen LogP contribution is 2.47. The number of ketones is 1. The van der Waals surface area contributed by atoms with Gasteiger partial charge in [-0.3, -0.25) is 4.79 Å². The molecule has 4 nitrogen and oxygen atoms in total. The van der Waals surface area contributed by atoms with E-state index in [4.69, 9.17) is 0 Å². The van der Waals surface area contributed by atoms with Crippen LogP contribution >= 0.6 is 27.7 Å². The average molecular weight is 430 g/mol. The third kappa shape index (κ3) is 2.46. The Kier molecular flexibility index (Phi) is 3.89. The first kappa shape index (κ1) is 16.4. The Morgan fingerprint density at radius 2 is 2.04 bits per heavy atom. The Hall–Kier alpha value is -1.12. The topological polar surface area (TPSA) is 63.2 Å². The number of hydrogen-bond acceptors (Lipinski definition) is 5. The van der Waals surface area contributed by atoms with Crippen LogP contribution in [-0.4, -0.2) is 31.5 Å². The predicted molar refractivity (Wildman–Crippen MR) is 94.8 cm³/mol. The average Bonchev–Trinajstić information content (AvgIpc) is 2.84. The summed E-state index contributed by atoms with van der Waals surface area (Å²) in [6.07, 6.45) is 0.423. The Bertz CT molecular complexity index is 937. The summed E-state index contributed by atoms with van der Waals surface area (Å²) in [4.78, 5) is 12.8. The monoisotopic (exact) mass is 429 g/mol. The third-order valence-electron chi connectivity index (χ3n) is 4.49. The summed E-state index contributed by atoms with van der Waals surface area (Å²) >= 11 is 4.67. The number of carbonyl (C=O) groups excluding carboxylic acids is 1. The molecule has 0 spiro atoms. The third-order valence-corrected chi connectivity index (χ3v) is 7.95. The van der Waals surface area contributed by atoms with Gasteiger partial charge in [0, 0.05) is 29.1 Å². The molecule has 0 aromatic heterocycles. The fraction of sp³-hybridized carbons (Fsp3) is 0.312. The Morgan fingerprint density at radius 3 is 2.79 bits per heavy atom. The number of benzene rings is 1. The number of allylic oxidation sites excluding steroid dienone is 3. The Balaban J connectivity index is 1.96. The molecular formula is C16H13BrFNO3S2. The number of rotatable bonds is 1. The highest BCUT2D eigenvalue weighted by atomic mass is 79.9. The highest BCUT2D eigenvalue weighted by molar-refractivity contribution is 9.10. The van der Waals surface area contributed by atoms with E-state index in [0.717, 1.165) is 5.70 Å². The summed E-state index contributed by atoms with van der Waals surface area (Å²) < 4.78 is 39.1. The number of thioether (sulfide) groups is 1. The maximum Gasteiger partial charge on any atom is 0.177 e. The standard InChI is InChI=1S/C16H13BrFNO3S2/c17-9-5-8(1-2-10(9)18)14-15-12(6-23-7-13(15)20)19-11-3-4-24(21,22)16(11)14/h1-2,5,14,19H,3-4,6-7H2. The minimum Gasteiger partial charge on any atom is -0.360 e. The largest absolute Gasteiger partial charge is 0.360 e. The van der Waals surface area contributed by atoms with Crippen LogP contribution in [0.25, 0.3) is 0 Å². The molecule has 1 N–H and O–H groups in total. The maximum absolute atomic E-state index is 13.6. The molecule has 24 heavy (non-hydrogen) atoms. The van der Waals surface area contributed by atoms with Crippen molar-refractivity contribution in [3.8, 4) is 0 Å². The lowest BCUT2D eigenvalue weighted by molar-refractivity contribution is -0.113. The van der Waals surface area contributed by atoms with Crippen LogP contribution in [0.5, 0.6) is 0 Å². The number of carbonyl (C=O) groups is 1. The molecule has 0 saturated carbocycles. The van der Waals surface area contributed by atoms with Crippen LogP contribution in [0.1, 0.15) is 17.9 Å². The second kappa shape index (κ2) is 5.71. The molecule has 8 heteroatoms. The molecule has 126 valence electrons. The van der Waals surface area contributed by atoms with Gasteiger partial charge in [0.2, 0.25) is 0 Å². The van der Waals surface area contributed by atoms with Gasteiger partial charge in [-0.2, -0.15) is 0 Å². The number of sulfone groups is 1. The lowest BCUT2D eigenvalue weighted by Crippen LogP contribution is -2.34. The maximum atomic E-state index is 13.6. The SMILES string of the molecule is O=C1CSCC2=C1C(c1ccc(F)c(Br)c1)C1=C(CCS1(=O)=O)N2. The first-order chi connectivity index (χ1) is 11.4. The summed E-state index contributed by atoms with van der Waals surface area (Å²) in [6.45, 7) is 0. The van der Waals surface area contributed by atoms with E-state index in [1.165, 1.54) is 17.8 Å². The summed E-state index contributed by atoms with van der Waals surface area (Å²) in [5.41, 5.74) is 2.60. The molecule has 0 amide bonds. The van der Waals surface area contributed by atoms with Gasteiger partial charge in [-0.05, 0) is 33.6 Å². The molecule has 3 aliphatic rings. The van der Waals surface area contributed by atoms with Gasteiger partial charge in [-0.25, -0.2) is 12.8 Å². The highest BCUT2D eigenvalue weighted by Gasteiger charge is 2.44. The fourth-order valence-electron chi connectivity index (χ4n) is 3.47. The van der Waals surface area contributed by atoms with E-state index >= 15 is 0 Å². The second-order valence-corrected chi connectivity index (χ2v) is 9.87. The van der Waals surface area contributed by atoms with Crippen molar-refractivity contribution < 1.29 is 17.6 Å². The van der Waals surface area contributed by atoms with Gasteiger partial charge < -0.3 is 5.32 Å². The molecule has 1 unspecified atom stereocenters. The van der Waals surface area contributed by atoms with Gasteiger partial charge in [0.05, 0.1) is 26.8 Å². The molecule has 0 aliphatic carbocycles. The Labute approximate surface area is 151 Å². The number of halogens is 2.